The zero-order chi connectivity index (χ0) is 19.4. The normalized spacial score (nSPS) is 11.0. The number of nitrogens with one attached hydrogen (secondary N) is 2. The molecule has 2 heterocycles. The molecule has 6 nitrogen and oxygen atoms in total. The quantitative estimate of drug-likeness (QED) is 0.267. The number of pyridine rings is 1. The Balaban J connectivity index is 0.00000300. The van der Waals surface area contributed by atoms with Gasteiger partial charge >= 0.3 is 0 Å². The lowest BCUT2D eigenvalue weighted by molar-refractivity contribution is 0.712. The maximum Gasteiger partial charge on any atom is 0.191 e. The third-order valence-electron chi connectivity index (χ3n) is 4.35. The summed E-state index contributed by atoms with van der Waals surface area (Å²) in [6, 6.07) is 16.4. The van der Waals surface area contributed by atoms with Crippen molar-refractivity contribution in [2.24, 2.45) is 4.99 Å². The standard InChI is InChI=1S/C22H28N6.HI/c1-2-23-22(26-14-11-20-10-6-7-13-24-20)27-15-12-21-25-16-17-28(21)18-19-8-4-3-5-9-19;/h3-10,13,16-17H,2,11-12,14-15,18H2,1H3,(H2,23,26,27);1H. The van der Waals surface area contributed by atoms with Crippen LogP contribution in [0.3, 0.4) is 0 Å². The van der Waals surface area contributed by atoms with E-state index in [1.165, 1.54) is 5.56 Å². The first-order valence-corrected chi connectivity index (χ1v) is 9.81. The largest absolute Gasteiger partial charge is 0.357 e. The lowest BCUT2D eigenvalue weighted by Crippen LogP contribution is -2.38. The van der Waals surface area contributed by atoms with Gasteiger partial charge in [0, 0.05) is 63.3 Å². The Kier molecular flexibility index (Phi) is 10.2. The highest BCUT2D eigenvalue weighted by atomic mass is 127. The molecule has 154 valence electrons. The summed E-state index contributed by atoms with van der Waals surface area (Å²) in [5.74, 6) is 1.89. The predicted octanol–water partition coefficient (Wildman–Crippen LogP) is 3.28. The molecular formula is C22H29IN6. The van der Waals surface area contributed by atoms with E-state index in [4.69, 9.17) is 0 Å². The van der Waals surface area contributed by atoms with Crippen molar-refractivity contribution in [2.45, 2.75) is 26.3 Å². The Labute approximate surface area is 189 Å². The number of imidazole rings is 1. The van der Waals surface area contributed by atoms with E-state index >= 15 is 0 Å². The highest BCUT2D eigenvalue weighted by molar-refractivity contribution is 14.0. The number of hydrogen-bond donors (Lipinski definition) is 2. The maximum absolute atomic E-state index is 4.69. The fraction of sp³-hybridized carbons (Fsp3) is 0.318. The molecule has 0 spiro atoms. The average Bonchev–Trinajstić information content (AvgIpc) is 3.16. The van der Waals surface area contributed by atoms with Gasteiger partial charge in [-0.05, 0) is 24.6 Å². The Morgan fingerprint density at radius 2 is 1.79 bits per heavy atom. The van der Waals surface area contributed by atoms with Crippen molar-refractivity contribution in [1.82, 2.24) is 25.2 Å². The van der Waals surface area contributed by atoms with Gasteiger partial charge in [0.25, 0.3) is 0 Å². The Morgan fingerprint density at radius 3 is 2.55 bits per heavy atom. The van der Waals surface area contributed by atoms with Crippen molar-refractivity contribution in [3.63, 3.8) is 0 Å². The molecule has 0 aliphatic heterocycles. The summed E-state index contributed by atoms with van der Waals surface area (Å²) >= 11 is 0. The lowest BCUT2D eigenvalue weighted by atomic mass is 10.2. The van der Waals surface area contributed by atoms with Gasteiger partial charge in [-0.1, -0.05) is 36.4 Å². The van der Waals surface area contributed by atoms with Gasteiger partial charge in [0.05, 0.1) is 0 Å². The predicted molar refractivity (Wildman–Crippen MR) is 129 cm³/mol. The highest BCUT2D eigenvalue weighted by Gasteiger charge is 2.04. The number of nitrogens with zero attached hydrogens (tertiary/aromatic N) is 4. The molecule has 0 saturated heterocycles. The fourth-order valence-electron chi connectivity index (χ4n) is 2.96. The number of benzene rings is 1. The molecule has 0 bridgehead atoms. The van der Waals surface area contributed by atoms with Gasteiger partial charge in [-0.25, -0.2) is 4.98 Å². The second-order valence-electron chi connectivity index (χ2n) is 6.47. The van der Waals surface area contributed by atoms with Gasteiger partial charge in [0.2, 0.25) is 0 Å². The van der Waals surface area contributed by atoms with E-state index in [0.717, 1.165) is 50.0 Å². The fourth-order valence-corrected chi connectivity index (χ4v) is 2.96. The number of hydrogen-bond acceptors (Lipinski definition) is 3. The van der Waals surface area contributed by atoms with Gasteiger partial charge < -0.3 is 15.2 Å². The molecule has 7 heteroatoms. The SMILES string of the molecule is CCNC(=NCCc1nccn1Cc1ccccc1)NCCc1ccccn1.I. The summed E-state index contributed by atoms with van der Waals surface area (Å²) in [7, 11) is 0. The smallest absolute Gasteiger partial charge is 0.191 e. The summed E-state index contributed by atoms with van der Waals surface area (Å²) in [6.45, 7) is 5.22. The Bertz CT molecular complexity index is 848. The monoisotopic (exact) mass is 504 g/mol. The van der Waals surface area contributed by atoms with E-state index < -0.39 is 0 Å². The van der Waals surface area contributed by atoms with Crippen LogP contribution in [0.1, 0.15) is 24.0 Å². The van der Waals surface area contributed by atoms with E-state index in [2.05, 4.69) is 61.4 Å². The van der Waals surface area contributed by atoms with Crippen molar-refractivity contribution >= 4 is 29.9 Å². The van der Waals surface area contributed by atoms with E-state index in [1.54, 1.807) is 0 Å². The molecule has 1 aromatic carbocycles. The first-order chi connectivity index (χ1) is 13.8. The highest BCUT2D eigenvalue weighted by Crippen LogP contribution is 2.06. The van der Waals surface area contributed by atoms with Crippen LogP contribution in [0.4, 0.5) is 0 Å². The first-order valence-electron chi connectivity index (χ1n) is 9.81. The molecule has 0 amide bonds. The maximum atomic E-state index is 4.69. The number of aromatic nitrogens is 3. The lowest BCUT2D eigenvalue weighted by Gasteiger charge is -2.11. The van der Waals surface area contributed by atoms with Crippen molar-refractivity contribution in [3.05, 3.63) is 84.2 Å². The molecular weight excluding hydrogens is 475 g/mol. The molecule has 0 unspecified atom stereocenters. The third-order valence-corrected chi connectivity index (χ3v) is 4.35. The zero-order valence-electron chi connectivity index (χ0n) is 16.8. The minimum atomic E-state index is 0. The minimum absolute atomic E-state index is 0. The molecule has 3 rings (SSSR count). The van der Waals surface area contributed by atoms with E-state index in [9.17, 15) is 0 Å². The van der Waals surface area contributed by atoms with Crippen LogP contribution >= 0.6 is 24.0 Å². The Hall–Kier alpha value is -2.42. The molecule has 2 aromatic heterocycles. The first kappa shape index (κ1) is 22.9. The summed E-state index contributed by atoms with van der Waals surface area (Å²) in [4.78, 5) is 13.5. The van der Waals surface area contributed by atoms with Gasteiger partial charge in [0.1, 0.15) is 5.82 Å². The van der Waals surface area contributed by atoms with Crippen molar-refractivity contribution < 1.29 is 0 Å². The van der Waals surface area contributed by atoms with Crippen LogP contribution in [-0.4, -0.2) is 40.1 Å². The molecule has 29 heavy (non-hydrogen) atoms. The van der Waals surface area contributed by atoms with Crippen LogP contribution in [0.25, 0.3) is 0 Å². The third kappa shape index (κ3) is 7.84. The molecule has 0 radical (unpaired) electrons. The molecule has 0 aliphatic carbocycles. The molecule has 0 atom stereocenters. The van der Waals surface area contributed by atoms with Crippen LogP contribution in [0.5, 0.6) is 0 Å². The number of halogens is 1. The van der Waals surface area contributed by atoms with Crippen LogP contribution in [0.15, 0.2) is 72.1 Å². The molecule has 0 aliphatic rings. The zero-order valence-corrected chi connectivity index (χ0v) is 19.1. The van der Waals surface area contributed by atoms with Crippen molar-refractivity contribution in [3.8, 4) is 0 Å². The van der Waals surface area contributed by atoms with Gasteiger partial charge in [-0.3, -0.25) is 9.98 Å². The van der Waals surface area contributed by atoms with Crippen LogP contribution in [0.2, 0.25) is 0 Å². The number of rotatable bonds is 9. The molecule has 0 saturated carbocycles. The molecule has 3 aromatic rings. The summed E-state index contributed by atoms with van der Waals surface area (Å²) in [5, 5.41) is 6.67. The van der Waals surface area contributed by atoms with E-state index in [1.807, 2.05) is 42.9 Å². The van der Waals surface area contributed by atoms with Gasteiger partial charge in [-0.2, -0.15) is 0 Å². The average molecular weight is 504 g/mol. The van der Waals surface area contributed by atoms with Gasteiger partial charge in [-0.15, -0.1) is 24.0 Å². The van der Waals surface area contributed by atoms with E-state index in [-0.39, 0.29) is 24.0 Å². The molecule has 2 N–H and O–H groups in total. The van der Waals surface area contributed by atoms with Crippen LogP contribution in [-0.2, 0) is 19.4 Å². The number of guanidine groups is 1. The summed E-state index contributed by atoms with van der Waals surface area (Å²) in [5.41, 5.74) is 2.35. The molecule has 0 fully saturated rings. The summed E-state index contributed by atoms with van der Waals surface area (Å²) in [6.07, 6.45) is 7.39. The van der Waals surface area contributed by atoms with Crippen molar-refractivity contribution in [1.29, 1.82) is 0 Å². The second-order valence-corrected chi connectivity index (χ2v) is 6.47. The van der Waals surface area contributed by atoms with Gasteiger partial charge in [0.15, 0.2) is 5.96 Å². The topological polar surface area (TPSA) is 67.1 Å². The van der Waals surface area contributed by atoms with Crippen LogP contribution in [0, 0.1) is 0 Å². The Morgan fingerprint density at radius 1 is 0.966 bits per heavy atom. The van der Waals surface area contributed by atoms with E-state index in [0.29, 0.717) is 6.54 Å². The minimum Gasteiger partial charge on any atom is -0.357 e. The summed E-state index contributed by atoms with van der Waals surface area (Å²) < 4.78 is 2.19. The number of aliphatic imine (C=N–C) groups is 1. The van der Waals surface area contributed by atoms with Crippen molar-refractivity contribution in [2.75, 3.05) is 19.6 Å². The van der Waals surface area contributed by atoms with Crippen LogP contribution < -0.4 is 10.6 Å². The second kappa shape index (κ2) is 12.9.